The second kappa shape index (κ2) is 3.75. The molecule has 0 radical (unpaired) electrons. The fourth-order valence-electron chi connectivity index (χ4n) is 2.91. The van der Waals surface area contributed by atoms with Crippen molar-refractivity contribution >= 4 is 0 Å². The van der Waals surface area contributed by atoms with Crippen LogP contribution in [0.25, 0.3) is 0 Å². The van der Waals surface area contributed by atoms with Gasteiger partial charge in [0.05, 0.1) is 0 Å². The molecule has 2 heteroatoms. The van der Waals surface area contributed by atoms with Crippen LogP contribution in [0, 0.1) is 11.8 Å². The van der Waals surface area contributed by atoms with E-state index in [1.54, 1.807) is 0 Å². The zero-order chi connectivity index (χ0) is 8.39. The molecule has 0 aromatic carbocycles. The minimum Gasteiger partial charge on any atom is -0.330 e. The Morgan fingerprint density at radius 1 is 1.17 bits per heavy atom. The van der Waals surface area contributed by atoms with Crippen LogP contribution in [-0.4, -0.2) is 19.1 Å². The summed E-state index contributed by atoms with van der Waals surface area (Å²) in [6, 6.07) is 0.762. The Hall–Kier alpha value is -0.0800. The van der Waals surface area contributed by atoms with Gasteiger partial charge in [0.25, 0.3) is 0 Å². The van der Waals surface area contributed by atoms with E-state index in [1.807, 2.05) is 0 Å². The monoisotopic (exact) mass is 168 g/mol. The fourth-order valence-corrected chi connectivity index (χ4v) is 2.91. The van der Waals surface area contributed by atoms with Gasteiger partial charge in [-0.2, -0.15) is 0 Å². The topological polar surface area (TPSA) is 38.0 Å². The second-order valence-electron chi connectivity index (χ2n) is 4.31. The Kier molecular flexibility index (Phi) is 2.66. The summed E-state index contributed by atoms with van der Waals surface area (Å²) < 4.78 is 0. The third-order valence-corrected chi connectivity index (χ3v) is 3.61. The third kappa shape index (κ3) is 1.50. The summed E-state index contributed by atoms with van der Waals surface area (Å²) in [5, 5.41) is 3.62. The van der Waals surface area contributed by atoms with E-state index in [0.29, 0.717) is 0 Å². The standard InChI is InChI=1S/C10H20N2/c11-7-9-5-6-12-10(9)8-3-1-2-4-8/h8-10,12H,1-7,11H2. The zero-order valence-corrected chi connectivity index (χ0v) is 7.76. The molecule has 2 fully saturated rings. The van der Waals surface area contributed by atoms with Crippen molar-refractivity contribution in [1.29, 1.82) is 0 Å². The van der Waals surface area contributed by atoms with Gasteiger partial charge in [-0.25, -0.2) is 0 Å². The minimum absolute atomic E-state index is 0.762. The molecule has 0 bridgehead atoms. The average Bonchev–Trinajstić information content (AvgIpc) is 2.74. The van der Waals surface area contributed by atoms with Gasteiger partial charge in [0.2, 0.25) is 0 Å². The Morgan fingerprint density at radius 3 is 2.58 bits per heavy atom. The van der Waals surface area contributed by atoms with Gasteiger partial charge in [-0.15, -0.1) is 0 Å². The quantitative estimate of drug-likeness (QED) is 0.648. The Balaban J connectivity index is 1.92. The van der Waals surface area contributed by atoms with Gasteiger partial charge >= 0.3 is 0 Å². The van der Waals surface area contributed by atoms with Crippen LogP contribution in [-0.2, 0) is 0 Å². The van der Waals surface area contributed by atoms with Crippen molar-refractivity contribution in [2.24, 2.45) is 17.6 Å². The summed E-state index contributed by atoms with van der Waals surface area (Å²) in [5.41, 5.74) is 5.75. The molecule has 70 valence electrons. The van der Waals surface area contributed by atoms with Gasteiger partial charge in [-0.05, 0) is 44.2 Å². The van der Waals surface area contributed by atoms with Crippen molar-refractivity contribution in [3.63, 3.8) is 0 Å². The van der Waals surface area contributed by atoms with Crippen LogP contribution >= 0.6 is 0 Å². The van der Waals surface area contributed by atoms with E-state index >= 15 is 0 Å². The van der Waals surface area contributed by atoms with Gasteiger partial charge in [0, 0.05) is 6.04 Å². The molecule has 1 aliphatic carbocycles. The van der Waals surface area contributed by atoms with E-state index < -0.39 is 0 Å². The molecule has 2 atom stereocenters. The molecule has 3 N–H and O–H groups in total. The van der Waals surface area contributed by atoms with Crippen LogP contribution in [0.2, 0.25) is 0 Å². The molecule has 1 aliphatic heterocycles. The highest BCUT2D eigenvalue weighted by molar-refractivity contribution is 4.90. The summed E-state index contributed by atoms with van der Waals surface area (Å²) in [5.74, 6) is 1.72. The number of rotatable bonds is 2. The van der Waals surface area contributed by atoms with Crippen molar-refractivity contribution in [3.8, 4) is 0 Å². The predicted octanol–water partition coefficient (Wildman–Crippen LogP) is 1.11. The molecule has 2 unspecified atom stereocenters. The molecule has 1 saturated carbocycles. The van der Waals surface area contributed by atoms with Crippen LogP contribution in [0.1, 0.15) is 32.1 Å². The molecule has 0 spiro atoms. The molecule has 12 heavy (non-hydrogen) atoms. The fraction of sp³-hybridized carbons (Fsp3) is 1.00. The zero-order valence-electron chi connectivity index (χ0n) is 7.76. The highest BCUT2D eigenvalue weighted by Crippen LogP contribution is 2.33. The highest BCUT2D eigenvalue weighted by Gasteiger charge is 2.33. The Labute approximate surface area is 74.9 Å². The maximum Gasteiger partial charge on any atom is 0.0136 e. The lowest BCUT2D eigenvalue weighted by molar-refractivity contribution is 0.325. The van der Waals surface area contributed by atoms with Crippen LogP contribution in [0.3, 0.4) is 0 Å². The van der Waals surface area contributed by atoms with Gasteiger partial charge < -0.3 is 11.1 Å². The number of nitrogens with two attached hydrogens (primary N) is 1. The number of hydrogen-bond acceptors (Lipinski definition) is 2. The first-order valence-electron chi connectivity index (χ1n) is 5.35. The molecular formula is C10H20N2. The third-order valence-electron chi connectivity index (χ3n) is 3.61. The van der Waals surface area contributed by atoms with Crippen LogP contribution in [0.15, 0.2) is 0 Å². The van der Waals surface area contributed by atoms with Crippen LogP contribution in [0.5, 0.6) is 0 Å². The lowest BCUT2D eigenvalue weighted by Crippen LogP contribution is -2.36. The number of hydrogen-bond donors (Lipinski definition) is 2. The van der Waals surface area contributed by atoms with Crippen LogP contribution in [0.4, 0.5) is 0 Å². The van der Waals surface area contributed by atoms with Crippen molar-refractivity contribution in [2.45, 2.75) is 38.1 Å². The molecule has 2 rings (SSSR count). The summed E-state index contributed by atoms with van der Waals surface area (Å²) in [6.45, 7) is 2.08. The Bertz CT molecular complexity index is 141. The minimum atomic E-state index is 0.762. The average molecular weight is 168 g/mol. The summed E-state index contributed by atoms with van der Waals surface area (Å²) >= 11 is 0. The molecule has 0 amide bonds. The van der Waals surface area contributed by atoms with Crippen molar-refractivity contribution in [3.05, 3.63) is 0 Å². The molecule has 1 saturated heterocycles. The lowest BCUT2D eigenvalue weighted by atomic mass is 9.88. The molecule has 2 nitrogen and oxygen atoms in total. The maximum absolute atomic E-state index is 5.75. The van der Waals surface area contributed by atoms with Crippen molar-refractivity contribution in [2.75, 3.05) is 13.1 Å². The maximum atomic E-state index is 5.75. The van der Waals surface area contributed by atoms with E-state index in [-0.39, 0.29) is 0 Å². The predicted molar refractivity (Wildman–Crippen MR) is 50.9 cm³/mol. The van der Waals surface area contributed by atoms with Gasteiger partial charge in [0.1, 0.15) is 0 Å². The second-order valence-corrected chi connectivity index (χ2v) is 4.31. The first-order valence-corrected chi connectivity index (χ1v) is 5.35. The summed E-state index contributed by atoms with van der Waals surface area (Å²) in [4.78, 5) is 0. The van der Waals surface area contributed by atoms with Crippen molar-refractivity contribution < 1.29 is 0 Å². The van der Waals surface area contributed by atoms with E-state index in [1.165, 1.54) is 38.6 Å². The molecule has 1 heterocycles. The smallest absolute Gasteiger partial charge is 0.0136 e. The van der Waals surface area contributed by atoms with E-state index in [0.717, 1.165) is 24.4 Å². The van der Waals surface area contributed by atoms with Gasteiger partial charge in [-0.3, -0.25) is 0 Å². The lowest BCUT2D eigenvalue weighted by Gasteiger charge is -2.24. The van der Waals surface area contributed by atoms with Gasteiger partial charge in [0.15, 0.2) is 0 Å². The SMILES string of the molecule is NCC1CCNC1C1CCCC1. The van der Waals surface area contributed by atoms with Crippen molar-refractivity contribution in [1.82, 2.24) is 5.32 Å². The molecule has 0 aromatic heterocycles. The summed E-state index contributed by atoms with van der Waals surface area (Å²) in [7, 11) is 0. The molecule has 0 aromatic rings. The first kappa shape index (κ1) is 8.52. The first-order chi connectivity index (χ1) is 5.92. The van der Waals surface area contributed by atoms with E-state index in [9.17, 15) is 0 Å². The normalized spacial score (nSPS) is 37.8. The van der Waals surface area contributed by atoms with Crippen LogP contribution < -0.4 is 11.1 Å². The molecular weight excluding hydrogens is 148 g/mol. The number of nitrogens with one attached hydrogen (secondary N) is 1. The van der Waals surface area contributed by atoms with E-state index in [4.69, 9.17) is 5.73 Å². The highest BCUT2D eigenvalue weighted by atomic mass is 15.0. The van der Waals surface area contributed by atoms with Gasteiger partial charge in [-0.1, -0.05) is 12.8 Å². The summed E-state index contributed by atoms with van der Waals surface area (Å²) in [6.07, 6.45) is 7.07. The van der Waals surface area contributed by atoms with E-state index in [2.05, 4.69) is 5.32 Å². The molecule has 2 aliphatic rings. The largest absolute Gasteiger partial charge is 0.330 e. The Morgan fingerprint density at radius 2 is 1.92 bits per heavy atom.